The summed E-state index contributed by atoms with van der Waals surface area (Å²) in [6.45, 7) is 0.765. The zero-order valence-corrected chi connectivity index (χ0v) is 13.2. The van der Waals surface area contributed by atoms with Crippen LogP contribution in [-0.2, 0) is 11.3 Å². The van der Waals surface area contributed by atoms with Gasteiger partial charge >= 0.3 is 0 Å². The predicted molar refractivity (Wildman–Crippen MR) is 92.7 cm³/mol. The van der Waals surface area contributed by atoms with E-state index in [9.17, 15) is 9.90 Å². The minimum atomic E-state index is -0.742. The molecule has 0 aliphatic rings. The third-order valence-electron chi connectivity index (χ3n) is 3.74. The molecule has 1 aromatic heterocycles. The van der Waals surface area contributed by atoms with Gasteiger partial charge < -0.3 is 20.1 Å². The van der Waals surface area contributed by atoms with E-state index in [2.05, 4.69) is 10.3 Å². The number of H-pyrrole nitrogens is 1. The lowest BCUT2D eigenvalue weighted by Crippen LogP contribution is -2.34. The predicted octanol–water partition coefficient (Wildman–Crippen LogP) is 2.48. The fourth-order valence-electron chi connectivity index (χ4n) is 2.45. The third kappa shape index (κ3) is 4.22. The van der Waals surface area contributed by atoms with Crippen molar-refractivity contribution in [1.82, 2.24) is 10.3 Å². The molecule has 0 unspecified atom stereocenters. The number of nitrogens with one attached hydrogen (secondary N) is 2. The van der Waals surface area contributed by atoms with Crippen LogP contribution in [0.1, 0.15) is 15.9 Å². The molecule has 1 heterocycles. The van der Waals surface area contributed by atoms with Crippen molar-refractivity contribution in [2.45, 2.75) is 12.7 Å². The summed E-state index contributed by atoms with van der Waals surface area (Å²) in [6, 6.07) is 17.1. The Balaban J connectivity index is 1.43. The van der Waals surface area contributed by atoms with Crippen molar-refractivity contribution in [3.8, 4) is 0 Å². The van der Waals surface area contributed by atoms with E-state index in [0.717, 1.165) is 16.5 Å². The van der Waals surface area contributed by atoms with Crippen molar-refractivity contribution < 1.29 is 14.6 Å². The van der Waals surface area contributed by atoms with Crippen LogP contribution in [0.15, 0.2) is 60.8 Å². The molecule has 124 valence electrons. The summed E-state index contributed by atoms with van der Waals surface area (Å²) in [5, 5.41) is 13.6. The molecule has 0 fully saturated rings. The Kier molecular flexibility index (Phi) is 5.25. The van der Waals surface area contributed by atoms with Gasteiger partial charge in [0.2, 0.25) is 0 Å². The van der Waals surface area contributed by atoms with Gasteiger partial charge in [0.05, 0.1) is 19.3 Å². The molecule has 0 saturated heterocycles. The molecule has 0 saturated carbocycles. The highest BCUT2D eigenvalue weighted by molar-refractivity contribution is 5.98. The van der Waals surface area contributed by atoms with E-state index in [-0.39, 0.29) is 19.1 Å². The largest absolute Gasteiger partial charge is 0.389 e. The first-order valence-electron chi connectivity index (χ1n) is 7.87. The second-order valence-electron chi connectivity index (χ2n) is 5.64. The molecule has 5 nitrogen and oxygen atoms in total. The van der Waals surface area contributed by atoms with Gasteiger partial charge in [0.1, 0.15) is 0 Å². The van der Waals surface area contributed by atoms with Crippen LogP contribution in [0, 0.1) is 0 Å². The summed E-state index contributed by atoms with van der Waals surface area (Å²) in [5.41, 5.74) is 2.61. The average Bonchev–Trinajstić information content (AvgIpc) is 3.08. The van der Waals surface area contributed by atoms with E-state index in [1.165, 1.54) is 0 Å². The number of carbonyl (C=O) groups excluding carboxylic acids is 1. The van der Waals surface area contributed by atoms with Crippen LogP contribution in [0.3, 0.4) is 0 Å². The molecule has 2 aromatic carbocycles. The maximum atomic E-state index is 12.1. The van der Waals surface area contributed by atoms with E-state index in [1.54, 1.807) is 6.07 Å². The topological polar surface area (TPSA) is 74.3 Å². The number of aliphatic hydroxyl groups is 1. The molecule has 0 bridgehead atoms. The zero-order chi connectivity index (χ0) is 16.8. The van der Waals surface area contributed by atoms with E-state index in [1.807, 2.05) is 54.7 Å². The van der Waals surface area contributed by atoms with Crippen LogP contribution < -0.4 is 5.32 Å². The van der Waals surface area contributed by atoms with Gasteiger partial charge in [-0.15, -0.1) is 0 Å². The minimum absolute atomic E-state index is 0.152. The molecule has 3 N–H and O–H groups in total. The number of ether oxygens (including phenoxy) is 1. The molecule has 0 aliphatic carbocycles. The average molecular weight is 324 g/mol. The van der Waals surface area contributed by atoms with Crippen molar-refractivity contribution in [2.75, 3.05) is 13.2 Å². The van der Waals surface area contributed by atoms with Gasteiger partial charge in [-0.1, -0.05) is 30.3 Å². The number of benzene rings is 2. The monoisotopic (exact) mass is 324 g/mol. The first-order chi connectivity index (χ1) is 11.7. The summed E-state index contributed by atoms with van der Waals surface area (Å²) >= 11 is 0. The highest BCUT2D eigenvalue weighted by Crippen LogP contribution is 2.14. The normalized spacial score (nSPS) is 12.2. The van der Waals surface area contributed by atoms with E-state index >= 15 is 0 Å². The first-order valence-corrected chi connectivity index (χ1v) is 7.87. The fourth-order valence-corrected chi connectivity index (χ4v) is 2.45. The van der Waals surface area contributed by atoms with Gasteiger partial charge in [0.15, 0.2) is 0 Å². The van der Waals surface area contributed by atoms with Gasteiger partial charge in [0.25, 0.3) is 5.91 Å². The molecule has 0 aliphatic heterocycles. The van der Waals surface area contributed by atoms with E-state index in [4.69, 9.17) is 4.74 Å². The quantitative estimate of drug-likeness (QED) is 0.625. The second-order valence-corrected chi connectivity index (χ2v) is 5.64. The Labute approximate surface area is 140 Å². The summed E-state index contributed by atoms with van der Waals surface area (Å²) in [5.74, 6) is -0.208. The summed E-state index contributed by atoms with van der Waals surface area (Å²) in [7, 11) is 0. The summed E-state index contributed by atoms with van der Waals surface area (Å²) < 4.78 is 5.46. The molecular formula is C19H20N2O3. The number of fused-ring (bicyclic) bond motifs is 1. The minimum Gasteiger partial charge on any atom is -0.389 e. The van der Waals surface area contributed by atoms with Gasteiger partial charge in [-0.05, 0) is 29.8 Å². The Hall–Kier alpha value is -2.63. The highest BCUT2D eigenvalue weighted by atomic mass is 16.5. The van der Waals surface area contributed by atoms with Crippen molar-refractivity contribution in [3.05, 3.63) is 71.9 Å². The van der Waals surface area contributed by atoms with Crippen LogP contribution in [0.5, 0.6) is 0 Å². The molecular weight excluding hydrogens is 304 g/mol. The number of rotatable bonds is 7. The number of amides is 1. The zero-order valence-electron chi connectivity index (χ0n) is 13.2. The number of carbonyl (C=O) groups is 1. The highest BCUT2D eigenvalue weighted by Gasteiger charge is 2.10. The summed E-state index contributed by atoms with van der Waals surface area (Å²) in [4.78, 5) is 15.2. The molecule has 24 heavy (non-hydrogen) atoms. The summed E-state index contributed by atoms with van der Waals surface area (Å²) in [6.07, 6.45) is 1.09. The standard InChI is InChI=1S/C19H20N2O3/c22-17(13-24-12-14-4-2-1-3-5-14)11-21-19(23)16-6-7-18-15(10-16)8-9-20-18/h1-10,17,20,22H,11-13H2,(H,21,23)/t17-/m1/s1. The number of aromatic amines is 1. The molecule has 1 amide bonds. The Morgan fingerprint density at radius 2 is 2.00 bits per heavy atom. The number of aliphatic hydroxyl groups excluding tert-OH is 1. The van der Waals surface area contributed by atoms with Crippen LogP contribution in [0.25, 0.3) is 10.9 Å². The van der Waals surface area contributed by atoms with Crippen molar-refractivity contribution >= 4 is 16.8 Å². The SMILES string of the molecule is O=C(NC[C@@H](O)COCc1ccccc1)c1ccc2[nH]ccc2c1. The maximum Gasteiger partial charge on any atom is 0.251 e. The van der Waals surface area contributed by atoms with Gasteiger partial charge in [-0.2, -0.15) is 0 Å². The van der Waals surface area contributed by atoms with Crippen LogP contribution >= 0.6 is 0 Å². The first kappa shape index (κ1) is 16.2. The second kappa shape index (κ2) is 7.77. The number of hydrogen-bond acceptors (Lipinski definition) is 3. The molecule has 0 spiro atoms. The molecule has 0 radical (unpaired) electrons. The third-order valence-corrected chi connectivity index (χ3v) is 3.74. The van der Waals surface area contributed by atoms with Crippen LogP contribution in [0.4, 0.5) is 0 Å². The van der Waals surface area contributed by atoms with E-state index < -0.39 is 6.10 Å². The molecule has 3 rings (SSSR count). The number of hydrogen-bond donors (Lipinski definition) is 3. The maximum absolute atomic E-state index is 12.1. The van der Waals surface area contributed by atoms with Gasteiger partial charge in [-0.3, -0.25) is 4.79 Å². The van der Waals surface area contributed by atoms with Gasteiger partial charge in [-0.25, -0.2) is 0 Å². The fraction of sp³-hybridized carbons (Fsp3) is 0.211. The van der Waals surface area contributed by atoms with E-state index in [0.29, 0.717) is 12.2 Å². The smallest absolute Gasteiger partial charge is 0.251 e. The Morgan fingerprint density at radius 3 is 2.83 bits per heavy atom. The number of aromatic nitrogens is 1. The Morgan fingerprint density at radius 1 is 1.17 bits per heavy atom. The molecule has 5 heteroatoms. The van der Waals surface area contributed by atoms with Gasteiger partial charge in [0, 0.05) is 29.2 Å². The van der Waals surface area contributed by atoms with Crippen molar-refractivity contribution in [2.24, 2.45) is 0 Å². The lowest BCUT2D eigenvalue weighted by atomic mass is 10.1. The van der Waals surface area contributed by atoms with Crippen LogP contribution in [-0.4, -0.2) is 35.3 Å². The van der Waals surface area contributed by atoms with Crippen LogP contribution in [0.2, 0.25) is 0 Å². The Bertz CT molecular complexity index is 798. The van der Waals surface area contributed by atoms with Crippen molar-refractivity contribution in [1.29, 1.82) is 0 Å². The molecule has 1 atom stereocenters. The van der Waals surface area contributed by atoms with Crippen molar-refractivity contribution in [3.63, 3.8) is 0 Å². The lowest BCUT2D eigenvalue weighted by Gasteiger charge is -2.12. The molecule has 3 aromatic rings. The lowest BCUT2D eigenvalue weighted by molar-refractivity contribution is 0.0285.